The van der Waals surface area contributed by atoms with Crippen LogP contribution in [0.4, 0.5) is 0 Å². The van der Waals surface area contributed by atoms with Crippen molar-refractivity contribution >= 4 is 39.5 Å². The summed E-state index contributed by atoms with van der Waals surface area (Å²) in [6, 6.07) is 0. The van der Waals surface area contributed by atoms with E-state index in [1.165, 1.54) is 212 Å². The Labute approximate surface area is 568 Å². The van der Waals surface area contributed by atoms with Crippen molar-refractivity contribution in [2.45, 2.75) is 406 Å². The van der Waals surface area contributed by atoms with E-state index in [1.807, 2.05) is 0 Å². The van der Waals surface area contributed by atoms with Crippen molar-refractivity contribution in [1.29, 1.82) is 0 Å². The van der Waals surface area contributed by atoms with Crippen molar-refractivity contribution in [2.24, 2.45) is 5.92 Å². The number of carbonyl (C=O) groups excluding carboxylic acids is 4. The SMILES string of the molecule is CCCCCCCCCCCCCCCCCC(=O)OC[C@H](COP(=O)(O)OC[C@@H](O)COP(=O)(O)OC[C@@H](COC(=O)CCCCCCCCCCC)OC(=O)CCCCCCCCCCCC)OC(=O)CCCCCCCCCCCCCCCCCCC(C)C. The number of unbranched alkanes of at least 4 members (excludes halogenated alkanes) is 46. The summed E-state index contributed by atoms with van der Waals surface area (Å²) in [5.41, 5.74) is 0. The van der Waals surface area contributed by atoms with E-state index in [1.54, 1.807) is 0 Å². The number of phosphoric acid groups is 2. The van der Waals surface area contributed by atoms with E-state index in [-0.39, 0.29) is 25.7 Å². The number of rotatable bonds is 74. The van der Waals surface area contributed by atoms with Gasteiger partial charge >= 0.3 is 39.5 Å². The second kappa shape index (κ2) is 67.3. The third-order valence-electron chi connectivity index (χ3n) is 17.3. The van der Waals surface area contributed by atoms with Crippen LogP contribution in [0.5, 0.6) is 0 Å². The van der Waals surface area contributed by atoms with E-state index in [0.717, 1.165) is 95.8 Å². The second-order valence-electron chi connectivity index (χ2n) is 27.2. The lowest BCUT2D eigenvalue weighted by molar-refractivity contribution is -0.161. The Morgan fingerprint density at radius 2 is 0.495 bits per heavy atom. The summed E-state index contributed by atoms with van der Waals surface area (Å²) in [6.07, 6.45) is 55.4. The van der Waals surface area contributed by atoms with Gasteiger partial charge in [-0.15, -0.1) is 0 Å². The summed E-state index contributed by atoms with van der Waals surface area (Å²) >= 11 is 0. The van der Waals surface area contributed by atoms with Crippen LogP contribution in [0.3, 0.4) is 0 Å². The minimum absolute atomic E-state index is 0.107. The molecule has 0 heterocycles. The molecule has 0 saturated carbocycles. The number of esters is 4. The zero-order valence-electron chi connectivity index (χ0n) is 60.4. The summed E-state index contributed by atoms with van der Waals surface area (Å²) in [5.74, 6) is -1.31. The van der Waals surface area contributed by atoms with Gasteiger partial charge in [0.25, 0.3) is 0 Å². The molecular weight excluding hydrogens is 1220 g/mol. The number of hydrogen-bond donors (Lipinski definition) is 3. The molecule has 5 atom stereocenters. The molecule has 0 aliphatic carbocycles. The Hall–Kier alpha value is -1.94. The largest absolute Gasteiger partial charge is 0.472 e. The summed E-state index contributed by atoms with van der Waals surface area (Å²) in [7, 11) is -9.90. The Balaban J connectivity index is 5.20. The summed E-state index contributed by atoms with van der Waals surface area (Å²) < 4.78 is 68.4. The summed E-state index contributed by atoms with van der Waals surface area (Å²) in [6.45, 7) is 7.29. The van der Waals surface area contributed by atoms with Gasteiger partial charge in [-0.3, -0.25) is 37.3 Å². The van der Waals surface area contributed by atoms with Gasteiger partial charge in [0.05, 0.1) is 26.4 Å². The Morgan fingerprint density at radius 3 is 0.731 bits per heavy atom. The van der Waals surface area contributed by atoms with Gasteiger partial charge in [-0.05, 0) is 31.6 Å². The minimum atomic E-state index is -4.95. The van der Waals surface area contributed by atoms with Gasteiger partial charge in [-0.2, -0.15) is 0 Å². The first kappa shape index (κ1) is 91.1. The first-order chi connectivity index (χ1) is 45.0. The highest BCUT2D eigenvalue weighted by Gasteiger charge is 2.30. The van der Waals surface area contributed by atoms with Gasteiger partial charge in [-0.25, -0.2) is 9.13 Å². The molecular formula is C74H144O17P2. The Morgan fingerprint density at radius 1 is 0.290 bits per heavy atom. The summed E-state index contributed by atoms with van der Waals surface area (Å²) in [4.78, 5) is 72.6. The zero-order chi connectivity index (χ0) is 68.4. The smallest absolute Gasteiger partial charge is 0.462 e. The van der Waals surface area contributed by atoms with Gasteiger partial charge in [0, 0.05) is 25.7 Å². The van der Waals surface area contributed by atoms with Gasteiger partial charge < -0.3 is 33.8 Å². The van der Waals surface area contributed by atoms with Crippen LogP contribution in [-0.4, -0.2) is 96.7 Å². The quantitative estimate of drug-likeness (QED) is 0.0222. The first-order valence-corrected chi connectivity index (χ1v) is 41.6. The van der Waals surface area contributed by atoms with Crippen LogP contribution in [0.2, 0.25) is 0 Å². The van der Waals surface area contributed by atoms with Crippen LogP contribution in [0.15, 0.2) is 0 Å². The average Bonchev–Trinajstić information content (AvgIpc) is 1.57. The van der Waals surface area contributed by atoms with Gasteiger partial charge in [0.1, 0.15) is 19.3 Å². The molecule has 19 heteroatoms. The van der Waals surface area contributed by atoms with Gasteiger partial charge in [0.15, 0.2) is 12.2 Å². The van der Waals surface area contributed by atoms with Crippen LogP contribution in [0, 0.1) is 5.92 Å². The Bertz CT molecular complexity index is 1790. The fourth-order valence-corrected chi connectivity index (χ4v) is 12.9. The maximum Gasteiger partial charge on any atom is 0.472 e. The van der Waals surface area contributed by atoms with Crippen LogP contribution in [0.1, 0.15) is 388 Å². The van der Waals surface area contributed by atoms with Crippen molar-refractivity contribution in [2.75, 3.05) is 39.6 Å². The topological polar surface area (TPSA) is 237 Å². The van der Waals surface area contributed by atoms with Crippen LogP contribution in [0.25, 0.3) is 0 Å². The van der Waals surface area contributed by atoms with E-state index in [2.05, 4.69) is 34.6 Å². The highest BCUT2D eigenvalue weighted by Crippen LogP contribution is 2.45. The van der Waals surface area contributed by atoms with Crippen LogP contribution < -0.4 is 0 Å². The fourth-order valence-electron chi connectivity index (χ4n) is 11.4. The lowest BCUT2D eigenvalue weighted by Gasteiger charge is -2.21. The van der Waals surface area contributed by atoms with Crippen molar-refractivity contribution in [3.63, 3.8) is 0 Å². The number of carbonyl (C=O) groups is 4. The van der Waals surface area contributed by atoms with Crippen molar-refractivity contribution in [3.05, 3.63) is 0 Å². The predicted molar refractivity (Wildman–Crippen MR) is 377 cm³/mol. The van der Waals surface area contributed by atoms with Crippen LogP contribution in [-0.2, 0) is 65.4 Å². The van der Waals surface area contributed by atoms with E-state index in [4.69, 9.17) is 37.0 Å². The maximum absolute atomic E-state index is 13.1. The summed E-state index contributed by atoms with van der Waals surface area (Å²) in [5, 5.41) is 10.6. The standard InChI is InChI=1S/C74H144O17P2/c1-6-9-12-15-18-21-23-24-27-31-34-39-43-48-53-58-72(77)85-64-70(91-74(79)60-55-50-45-40-35-32-29-26-25-28-30-33-37-41-46-51-56-67(4)5)66-89-93(82,83)87-62-68(75)61-86-92(80,81)88-65-69(63-84-71(76)57-52-47-42-36-20-17-14-11-8-3)90-73(78)59-54-49-44-38-22-19-16-13-10-7-2/h67-70,75H,6-66H2,1-5H3,(H,80,81)(H,82,83)/t68-,69+,70+/m0/s1. The third-order valence-corrected chi connectivity index (χ3v) is 19.2. The molecule has 0 bridgehead atoms. The third kappa shape index (κ3) is 68.4. The molecule has 0 amide bonds. The number of aliphatic hydroxyl groups is 1. The van der Waals surface area contributed by atoms with E-state index < -0.39 is 97.5 Å². The van der Waals surface area contributed by atoms with Crippen LogP contribution >= 0.6 is 15.6 Å². The molecule has 17 nitrogen and oxygen atoms in total. The number of aliphatic hydroxyl groups excluding tert-OH is 1. The molecule has 0 aromatic carbocycles. The molecule has 0 spiro atoms. The zero-order valence-corrected chi connectivity index (χ0v) is 62.2. The predicted octanol–water partition coefficient (Wildman–Crippen LogP) is 21.7. The van der Waals surface area contributed by atoms with Crippen molar-refractivity contribution < 1.29 is 80.2 Å². The number of phosphoric ester groups is 2. The normalized spacial score (nSPS) is 14.0. The first-order valence-electron chi connectivity index (χ1n) is 38.6. The molecule has 0 aliphatic rings. The highest BCUT2D eigenvalue weighted by atomic mass is 31.2. The minimum Gasteiger partial charge on any atom is -0.462 e. The monoisotopic (exact) mass is 1370 g/mol. The molecule has 3 N–H and O–H groups in total. The maximum atomic E-state index is 13.1. The van der Waals surface area contributed by atoms with Gasteiger partial charge in [0.2, 0.25) is 0 Å². The number of ether oxygens (including phenoxy) is 4. The molecule has 0 radical (unpaired) electrons. The number of hydrogen-bond acceptors (Lipinski definition) is 15. The lowest BCUT2D eigenvalue weighted by atomic mass is 10.0. The molecule has 0 rings (SSSR count). The van der Waals surface area contributed by atoms with E-state index >= 15 is 0 Å². The van der Waals surface area contributed by atoms with Crippen molar-refractivity contribution in [3.8, 4) is 0 Å². The molecule has 2 unspecified atom stereocenters. The lowest BCUT2D eigenvalue weighted by Crippen LogP contribution is -2.30. The fraction of sp³-hybridized carbons (Fsp3) is 0.946. The van der Waals surface area contributed by atoms with E-state index in [0.29, 0.717) is 25.7 Å². The molecule has 93 heavy (non-hydrogen) atoms. The van der Waals surface area contributed by atoms with Crippen molar-refractivity contribution in [1.82, 2.24) is 0 Å². The molecule has 552 valence electrons. The highest BCUT2D eigenvalue weighted by molar-refractivity contribution is 7.47. The molecule has 0 fully saturated rings. The molecule has 0 aromatic rings. The Kier molecular flexibility index (Phi) is 65.9. The average molecular weight is 1370 g/mol. The molecule has 0 saturated heterocycles. The van der Waals surface area contributed by atoms with Gasteiger partial charge in [-0.1, -0.05) is 336 Å². The molecule has 0 aromatic heterocycles. The van der Waals surface area contributed by atoms with E-state index in [9.17, 15) is 43.2 Å². The molecule has 0 aliphatic heterocycles. The second-order valence-corrected chi connectivity index (χ2v) is 30.1.